The molecule has 1 aromatic carbocycles. The Kier molecular flexibility index (Phi) is 6.46. The zero-order valence-electron chi connectivity index (χ0n) is 22.2. The van der Waals surface area contributed by atoms with E-state index in [1.54, 1.807) is 6.92 Å². The molecule has 2 N–H and O–H groups in total. The number of piperidine rings is 1. The van der Waals surface area contributed by atoms with Gasteiger partial charge in [-0.15, -0.1) is 0 Å². The van der Waals surface area contributed by atoms with Crippen molar-refractivity contribution in [2.24, 2.45) is 34.5 Å². The lowest BCUT2D eigenvalue weighted by Crippen LogP contribution is -2.66. The topological polar surface area (TPSA) is 58.2 Å². The van der Waals surface area contributed by atoms with Gasteiger partial charge in [-0.25, -0.2) is 0 Å². The SMILES string of the molecule is Cc1ccc(C(NC(=O)[C@H]2CCC3C4CC=C5NC(=O)CC[C@]5(C)C4CC[C@@]32C)(C(F)(F)F)C(F)(F)F)cc1. The van der Waals surface area contributed by atoms with Gasteiger partial charge in [0.1, 0.15) is 0 Å². The van der Waals surface area contributed by atoms with Gasteiger partial charge in [0.25, 0.3) is 5.54 Å². The summed E-state index contributed by atoms with van der Waals surface area (Å²) in [5.74, 6) is -1.81. The molecule has 0 spiro atoms. The molecule has 6 atom stereocenters. The highest BCUT2D eigenvalue weighted by Gasteiger charge is 2.73. The number of carbonyl (C=O) groups excluding carboxylic acids is 2. The normalized spacial score (nSPS) is 34.8. The van der Waals surface area contributed by atoms with Gasteiger partial charge in [0.15, 0.2) is 0 Å². The molecule has 2 amide bonds. The van der Waals surface area contributed by atoms with Crippen molar-refractivity contribution in [3.8, 4) is 0 Å². The molecule has 4 aliphatic rings. The van der Waals surface area contributed by atoms with Gasteiger partial charge in [-0.2, -0.15) is 26.3 Å². The van der Waals surface area contributed by atoms with Crippen molar-refractivity contribution in [3.63, 3.8) is 0 Å². The molecule has 39 heavy (non-hydrogen) atoms. The molecule has 1 aromatic rings. The summed E-state index contributed by atoms with van der Waals surface area (Å²) in [6.07, 6.45) is -5.76. The third-order valence-electron chi connectivity index (χ3n) is 10.6. The average Bonchev–Trinajstić information content (AvgIpc) is 3.19. The molecule has 10 heteroatoms. The van der Waals surface area contributed by atoms with E-state index < -0.39 is 40.7 Å². The maximum Gasteiger partial charge on any atom is 0.424 e. The minimum Gasteiger partial charge on any atom is -0.331 e. The molecule has 5 rings (SSSR count). The molecule has 1 heterocycles. The molecule has 2 saturated carbocycles. The summed E-state index contributed by atoms with van der Waals surface area (Å²) in [6.45, 7) is 5.57. The Morgan fingerprint density at radius 2 is 1.59 bits per heavy atom. The Hall–Kier alpha value is -2.52. The Morgan fingerprint density at radius 3 is 2.21 bits per heavy atom. The lowest BCUT2D eigenvalue weighted by Gasteiger charge is -2.57. The van der Waals surface area contributed by atoms with Gasteiger partial charge in [0.2, 0.25) is 11.8 Å². The molecule has 1 aliphatic heterocycles. The monoisotopic (exact) mass is 556 g/mol. The number of hydrogen-bond donors (Lipinski definition) is 2. The van der Waals surface area contributed by atoms with Gasteiger partial charge in [0.05, 0.1) is 0 Å². The summed E-state index contributed by atoms with van der Waals surface area (Å²) in [7, 11) is 0. The van der Waals surface area contributed by atoms with E-state index in [1.165, 1.54) is 17.4 Å². The molecular weight excluding hydrogens is 522 g/mol. The number of nitrogens with one attached hydrogen (secondary N) is 2. The van der Waals surface area contributed by atoms with Gasteiger partial charge in [-0.3, -0.25) is 9.59 Å². The Morgan fingerprint density at radius 1 is 0.949 bits per heavy atom. The number of fused-ring (bicyclic) bond motifs is 5. The summed E-state index contributed by atoms with van der Waals surface area (Å²) in [4.78, 5) is 25.6. The number of aryl methyl sites for hydroxylation is 1. The molecule has 4 nitrogen and oxygen atoms in total. The second kappa shape index (κ2) is 8.99. The zero-order valence-corrected chi connectivity index (χ0v) is 22.2. The van der Waals surface area contributed by atoms with Crippen molar-refractivity contribution in [2.45, 2.75) is 83.6 Å². The third-order valence-corrected chi connectivity index (χ3v) is 10.6. The maximum absolute atomic E-state index is 14.4. The highest BCUT2D eigenvalue weighted by Crippen LogP contribution is 2.65. The van der Waals surface area contributed by atoms with Crippen molar-refractivity contribution in [3.05, 3.63) is 47.2 Å². The number of carbonyl (C=O) groups is 2. The van der Waals surface area contributed by atoms with Crippen molar-refractivity contribution in [1.82, 2.24) is 10.6 Å². The lowest BCUT2D eigenvalue weighted by molar-refractivity contribution is -0.312. The Balaban J connectivity index is 1.46. The van der Waals surface area contributed by atoms with E-state index >= 15 is 0 Å². The minimum absolute atomic E-state index is 0.00944. The summed E-state index contributed by atoms with van der Waals surface area (Å²) < 4.78 is 86.5. The maximum atomic E-state index is 14.4. The van der Waals surface area contributed by atoms with Gasteiger partial charge in [-0.05, 0) is 74.2 Å². The predicted octanol–water partition coefficient (Wildman–Crippen LogP) is 6.69. The summed E-state index contributed by atoms with van der Waals surface area (Å²) in [5, 5.41) is 4.53. The highest BCUT2D eigenvalue weighted by molar-refractivity contribution is 5.81. The van der Waals surface area contributed by atoms with Crippen molar-refractivity contribution in [1.29, 1.82) is 0 Å². The van der Waals surface area contributed by atoms with Crippen molar-refractivity contribution in [2.75, 3.05) is 0 Å². The van der Waals surface area contributed by atoms with Crippen LogP contribution in [0.4, 0.5) is 26.3 Å². The van der Waals surface area contributed by atoms with E-state index in [1.807, 2.05) is 13.0 Å². The van der Waals surface area contributed by atoms with E-state index in [-0.39, 0.29) is 35.5 Å². The van der Waals surface area contributed by atoms with Gasteiger partial charge < -0.3 is 10.6 Å². The molecule has 3 aliphatic carbocycles. The number of amides is 2. The predicted molar refractivity (Wildman–Crippen MR) is 132 cm³/mol. The summed E-state index contributed by atoms with van der Waals surface area (Å²) in [5.41, 5.74) is -5.09. The Labute approximate surface area is 224 Å². The van der Waals surface area contributed by atoms with Crippen LogP contribution in [0.1, 0.15) is 69.9 Å². The smallest absolute Gasteiger partial charge is 0.331 e. The van der Waals surface area contributed by atoms with Crippen molar-refractivity contribution < 1.29 is 35.9 Å². The molecule has 214 valence electrons. The molecule has 1 saturated heterocycles. The number of allylic oxidation sites excluding steroid dienone is 2. The molecule has 0 radical (unpaired) electrons. The quantitative estimate of drug-likeness (QED) is 0.408. The first-order valence-corrected chi connectivity index (χ1v) is 13.6. The van der Waals surface area contributed by atoms with Crippen LogP contribution in [-0.4, -0.2) is 24.2 Å². The van der Waals surface area contributed by atoms with Crippen LogP contribution < -0.4 is 10.6 Å². The fourth-order valence-electron chi connectivity index (χ4n) is 8.40. The van der Waals surface area contributed by atoms with Crippen LogP contribution in [-0.2, 0) is 15.1 Å². The highest BCUT2D eigenvalue weighted by atomic mass is 19.4. The van der Waals surface area contributed by atoms with Crippen LogP contribution in [0.15, 0.2) is 36.0 Å². The van der Waals surface area contributed by atoms with Crippen molar-refractivity contribution >= 4 is 11.8 Å². The number of halogens is 6. The first-order chi connectivity index (χ1) is 18.0. The largest absolute Gasteiger partial charge is 0.424 e. The van der Waals surface area contributed by atoms with E-state index in [9.17, 15) is 35.9 Å². The fraction of sp³-hybridized carbons (Fsp3) is 0.655. The standard InChI is InChI=1S/C29H34F6N2O2/c1-16-4-6-17(7-5-16)27(28(30,31)32,29(33,34)35)37-24(39)21-10-9-19-18-8-11-22-26(3,15-13-23(38)36-22)20(18)12-14-25(19,21)2/h4-7,11,18-21H,8-10,12-15H2,1-3H3,(H,36,38)(H,37,39)/t18?,19?,20?,21-,25+,26-/m1/s1. The van der Waals surface area contributed by atoms with Crippen LogP contribution in [0.5, 0.6) is 0 Å². The second-order valence-electron chi connectivity index (χ2n) is 12.5. The van der Waals surface area contributed by atoms with Gasteiger partial charge >= 0.3 is 12.4 Å². The first kappa shape index (κ1) is 28.0. The van der Waals surface area contributed by atoms with E-state index in [0.29, 0.717) is 44.1 Å². The van der Waals surface area contributed by atoms with E-state index in [0.717, 1.165) is 17.8 Å². The summed E-state index contributed by atoms with van der Waals surface area (Å²) in [6, 6.07) is 3.94. The van der Waals surface area contributed by atoms with Crippen LogP contribution in [0, 0.1) is 41.4 Å². The van der Waals surface area contributed by atoms with E-state index in [2.05, 4.69) is 12.2 Å². The molecule has 3 fully saturated rings. The molecule has 3 unspecified atom stereocenters. The first-order valence-electron chi connectivity index (χ1n) is 13.6. The third kappa shape index (κ3) is 4.10. The number of rotatable bonds is 3. The number of hydrogen-bond acceptors (Lipinski definition) is 2. The average molecular weight is 557 g/mol. The molecule has 0 bridgehead atoms. The number of alkyl halides is 6. The lowest BCUT2D eigenvalue weighted by atomic mass is 9.49. The van der Waals surface area contributed by atoms with Crippen LogP contribution in [0.2, 0.25) is 0 Å². The Bertz CT molecular complexity index is 1180. The van der Waals surface area contributed by atoms with E-state index in [4.69, 9.17) is 0 Å². The van der Waals surface area contributed by atoms with Crippen LogP contribution in [0.3, 0.4) is 0 Å². The van der Waals surface area contributed by atoms with Gasteiger partial charge in [-0.1, -0.05) is 49.8 Å². The minimum atomic E-state index is -5.81. The second-order valence-corrected chi connectivity index (χ2v) is 12.5. The molecular formula is C29H34F6N2O2. The van der Waals surface area contributed by atoms with Gasteiger partial charge in [0, 0.05) is 23.5 Å². The zero-order chi connectivity index (χ0) is 28.6. The number of benzene rings is 1. The summed E-state index contributed by atoms with van der Waals surface area (Å²) >= 11 is 0. The van der Waals surface area contributed by atoms with Crippen LogP contribution in [0.25, 0.3) is 0 Å². The molecule has 0 aromatic heterocycles. The fourth-order valence-corrected chi connectivity index (χ4v) is 8.40. The van der Waals surface area contributed by atoms with Crippen LogP contribution >= 0.6 is 0 Å².